The van der Waals surface area contributed by atoms with Crippen molar-refractivity contribution in [2.75, 3.05) is 0 Å². The number of benzene rings is 2. The molecule has 0 unspecified atom stereocenters. The SMILES string of the molecule is O=C(/C=C/c1ccc(OC(F)F)cc1)c1cc(Cl)ccc1O. The van der Waals surface area contributed by atoms with Crippen LogP contribution in [0.5, 0.6) is 11.5 Å². The smallest absolute Gasteiger partial charge is 0.387 e. The Labute approximate surface area is 130 Å². The normalized spacial score (nSPS) is 11.1. The molecule has 0 amide bonds. The number of rotatable bonds is 5. The Balaban J connectivity index is 2.11. The van der Waals surface area contributed by atoms with Crippen LogP contribution in [0.1, 0.15) is 15.9 Å². The summed E-state index contributed by atoms with van der Waals surface area (Å²) in [4.78, 5) is 12.0. The van der Waals surface area contributed by atoms with Gasteiger partial charge in [-0.15, -0.1) is 0 Å². The fraction of sp³-hybridized carbons (Fsp3) is 0.0625. The maximum Gasteiger partial charge on any atom is 0.387 e. The third kappa shape index (κ3) is 4.30. The Morgan fingerprint density at radius 1 is 1.18 bits per heavy atom. The molecule has 0 fully saturated rings. The molecule has 0 radical (unpaired) electrons. The van der Waals surface area contributed by atoms with Crippen molar-refractivity contribution in [3.8, 4) is 11.5 Å². The van der Waals surface area contributed by atoms with Gasteiger partial charge in [-0.3, -0.25) is 4.79 Å². The van der Waals surface area contributed by atoms with Crippen molar-refractivity contribution in [1.29, 1.82) is 0 Å². The van der Waals surface area contributed by atoms with Crippen LogP contribution in [0, 0.1) is 0 Å². The lowest BCUT2D eigenvalue weighted by atomic mass is 10.1. The average molecular weight is 325 g/mol. The van der Waals surface area contributed by atoms with Crippen LogP contribution in [0.25, 0.3) is 6.08 Å². The number of halogens is 3. The molecule has 0 bridgehead atoms. The summed E-state index contributed by atoms with van der Waals surface area (Å²) in [6, 6.07) is 9.96. The summed E-state index contributed by atoms with van der Waals surface area (Å²) in [5, 5.41) is 9.96. The molecule has 2 aromatic rings. The van der Waals surface area contributed by atoms with Crippen LogP contribution in [-0.4, -0.2) is 17.5 Å². The number of hydrogen-bond donors (Lipinski definition) is 1. The highest BCUT2D eigenvalue weighted by Crippen LogP contribution is 2.22. The minimum absolute atomic E-state index is 0.0333. The summed E-state index contributed by atoms with van der Waals surface area (Å²) in [6.45, 7) is -2.88. The predicted molar refractivity (Wildman–Crippen MR) is 79.6 cm³/mol. The second-order valence-corrected chi connectivity index (χ2v) is 4.74. The molecule has 1 N–H and O–H groups in total. The average Bonchev–Trinajstić information content (AvgIpc) is 2.48. The molecular formula is C16H11ClF2O3. The number of ketones is 1. The third-order valence-electron chi connectivity index (χ3n) is 2.76. The molecule has 114 valence electrons. The highest BCUT2D eigenvalue weighted by Gasteiger charge is 2.09. The Hall–Kier alpha value is -2.40. The van der Waals surface area contributed by atoms with E-state index in [9.17, 15) is 18.7 Å². The molecule has 0 aliphatic carbocycles. The van der Waals surface area contributed by atoms with Crippen molar-refractivity contribution in [3.05, 3.63) is 64.7 Å². The highest BCUT2D eigenvalue weighted by molar-refractivity contribution is 6.31. The third-order valence-corrected chi connectivity index (χ3v) is 2.99. The van der Waals surface area contributed by atoms with Gasteiger partial charge >= 0.3 is 6.61 Å². The van der Waals surface area contributed by atoms with E-state index in [-0.39, 0.29) is 17.1 Å². The van der Waals surface area contributed by atoms with Crippen LogP contribution in [0.3, 0.4) is 0 Å². The van der Waals surface area contributed by atoms with Crippen LogP contribution in [0.2, 0.25) is 5.02 Å². The lowest BCUT2D eigenvalue weighted by Gasteiger charge is -2.04. The van der Waals surface area contributed by atoms with Crippen molar-refractivity contribution < 1.29 is 23.4 Å². The minimum atomic E-state index is -2.88. The number of carbonyl (C=O) groups is 1. The molecule has 0 saturated heterocycles. The number of phenolic OH excluding ortho intramolecular Hbond substituents is 1. The van der Waals surface area contributed by atoms with Gasteiger partial charge in [-0.2, -0.15) is 8.78 Å². The quantitative estimate of drug-likeness (QED) is 0.648. The fourth-order valence-corrected chi connectivity index (χ4v) is 1.90. The lowest BCUT2D eigenvalue weighted by Crippen LogP contribution is -2.01. The number of ether oxygens (including phenoxy) is 1. The molecule has 22 heavy (non-hydrogen) atoms. The van der Waals surface area contributed by atoms with E-state index in [0.717, 1.165) is 0 Å². The van der Waals surface area contributed by atoms with Gasteiger partial charge in [0, 0.05) is 5.02 Å². The Morgan fingerprint density at radius 2 is 1.86 bits per heavy atom. The van der Waals surface area contributed by atoms with Gasteiger partial charge in [-0.1, -0.05) is 29.8 Å². The minimum Gasteiger partial charge on any atom is -0.507 e. The van der Waals surface area contributed by atoms with Crippen molar-refractivity contribution in [2.45, 2.75) is 6.61 Å². The standard InChI is InChI=1S/C16H11ClF2O3/c17-11-4-8-15(21)13(9-11)14(20)7-3-10-1-5-12(6-2-10)22-16(18)19/h1-9,16,21H/b7-3+. The van der Waals surface area contributed by atoms with Gasteiger partial charge in [0.15, 0.2) is 5.78 Å². The molecule has 2 rings (SSSR count). The van der Waals surface area contributed by atoms with E-state index in [2.05, 4.69) is 4.74 Å². The van der Waals surface area contributed by atoms with E-state index in [1.165, 1.54) is 54.6 Å². The van der Waals surface area contributed by atoms with Gasteiger partial charge in [0.05, 0.1) is 5.56 Å². The lowest BCUT2D eigenvalue weighted by molar-refractivity contribution is -0.0498. The van der Waals surface area contributed by atoms with Crippen LogP contribution in [0.4, 0.5) is 8.78 Å². The summed E-state index contributed by atoms with van der Waals surface area (Å²) < 4.78 is 28.3. The first-order valence-corrected chi connectivity index (χ1v) is 6.59. The number of hydrogen-bond acceptors (Lipinski definition) is 3. The van der Waals surface area contributed by atoms with E-state index >= 15 is 0 Å². The number of phenols is 1. The van der Waals surface area contributed by atoms with Crippen molar-refractivity contribution >= 4 is 23.5 Å². The maximum atomic E-state index is 12.0. The van der Waals surface area contributed by atoms with Gasteiger partial charge in [0.1, 0.15) is 11.5 Å². The van der Waals surface area contributed by atoms with Crippen molar-refractivity contribution in [2.24, 2.45) is 0 Å². The van der Waals surface area contributed by atoms with Gasteiger partial charge in [0.2, 0.25) is 0 Å². The zero-order valence-electron chi connectivity index (χ0n) is 11.2. The van der Waals surface area contributed by atoms with Gasteiger partial charge in [-0.05, 0) is 42.0 Å². The largest absolute Gasteiger partial charge is 0.507 e. The number of alkyl halides is 2. The number of aromatic hydroxyl groups is 1. The molecule has 0 heterocycles. The molecule has 3 nitrogen and oxygen atoms in total. The second-order valence-electron chi connectivity index (χ2n) is 4.31. The summed E-state index contributed by atoms with van der Waals surface area (Å²) in [7, 11) is 0. The van der Waals surface area contributed by atoms with Crippen molar-refractivity contribution in [3.63, 3.8) is 0 Å². The Morgan fingerprint density at radius 3 is 2.50 bits per heavy atom. The van der Waals surface area contributed by atoms with E-state index in [1.54, 1.807) is 0 Å². The molecule has 0 spiro atoms. The monoisotopic (exact) mass is 324 g/mol. The molecule has 0 atom stereocenters. The summed E-state index contributed by atoms with van der Waals surface area (Å²) in [5.74, 6) is -0.557. The van der Waals surface area contributed by atoms with Gasteiger partial charge in [-0.25, -0.2) is 0 Å². The van der Waals surface area contributed by atoms with Crippen LogP contribution in [-0.2, 0) is 0 Å². The van der Waals surface area contributed by atoms with Crippen molar-refractivity contribution in [1.82, 2.24) is 0 Å². The van der Waals surface area contributed by atoms with E-state index in [0.29, 0.717) is 10.6 Å². The Kier molecular flexibility index (Phi) is 5.12. The molecule has 6 heteroatoms. The molecule has 0 aliphatic rings. The molecule has 0 aromatic heterocycles. The number of allylic oxidation sites excluding steroid dienone is 1. The first-order valence-electron chi connectivity index (χ1n) is 6.21. The summed E-state index contributed by atoms with van der Waals surface area (Å²) >= 11 is 5.77. The first kappa shape index (κ1) is 16.0. The second kappa shape index (κ2) is 7.04. The Bertz CT molecular complexity index is 697. The topological polar surface area (TPSA) is 46.5 Å². The van der Waals surface area contributed by atoms with Crippen LogP contribution in [0.15, 0.2) is 48.5 Å². The molecular weight excluding hydrogens is 314 g/mol. The summed E-state index contributed by atoms with van der Waals surface area (Å²) in [5.41, 5.74) is 0.706. The predicted octanol–water partition coefficient (Wildman–Crippen LogP) is 4.54. The zero-order valence-corrected chi connectivity index (χ0v) is 11.9. The van der Waals surface area contributed by atoms with Gasteiger partial charge < -0.3 is 9.84 Å². The first-order chi connectivity index (χ1) is 10.5. The van der Waals surface area contributed by atoms with Crippen LogP contribution >= 0.6 is 11.6 Å². The molecule has 2 aromatic carbocycles. The maximum absolute atomic E-state index is 12.0. The van der Waals surface area contributed by atoms with Crippen LogP contribution < -0.4 is 4.74 Å². The summed E-state index contributed by atoms with van der Waals surface area (Å²) in [6.07, 6.45) is 2.75. The molecule has 0 aliphatic heterocycles. The van der Waals surface area contributed by atoms with E-state index in [1.807, 2.05) is 0 Å². The molecule has 0 saturated carbocycles. The fourth-order valence-electron chi connectivity index (χ4n) is 1.73. The van der Waals surface area contributed by atoms with E-state index in [4.69, 9.17) is 11.6 Å². The highest BCUT2D eigenvalue weighted by atomic mass is 35.5. The van der Waals surface area contributed by atoms with E-state index < -0.39 is 12.4 Å². The number of carbonyl (C=O) groups excluding carboxylic acids is 1. The zero-order chi connectivity index (χ0) is 16.1. The van der Waals surface area contributed by atoms with Gasteiger partial charge in [0.25, 0.3) is 0 Å².